The molecule has 1 atom stereocenters. The fourth-order valence-corrected chi connectivity index (χ4v) is 2.13. The summed E-state index contributed by atoms with van der Waals surface area (Å²) in [5.41, 5.74) is 0.848. The molecule has 0 saturated carbocycles. The normalized spacial score (nSPS) is 20.0. The van der Waals surface area contributed by atoms with Crippen LogP contribution in [0.1, 0.15) is 18.4 Å². The van der Waals surface area contributed by atoms with Crippen molar-refractivity contribution in [1.82, 2.24) is 5.32 Å². The van der Waals surface area contributed by atoms with E-state index in [4.69, 9.17) is 4.74 Å². The highest BCUT2D eigenvalue weighted by Crippen LogP contribution is 2.28. The Labute approximate surface area is 94.2 Å². The van der Waals surface area contributed by atoms with Gasteiger partial charge < -0.3 is 15.2 Å². The molecule has 16 heavy (non-hydrogen) atoms. The summed E-state index contributed by atoms with van der Waals surface area (Å²) < 4.78 is 18.2. The zero-order chi connectivity index (χ0) is 11.5. The maximum Gasteiger partial charge on any atom is 0.168 e. The van der Waals surface area contributed by atoms with Crippen molar-refractivity contribution in [3.63, 3.8) is 0 Å². The summed E-state index contributed by atoms with van der Waals surface area (Å²) >= 11 is 0. The number of hydrogen-bond acceptors (Lipinski definition) is 3. The van der Waals surface area contributed by atoms with Crippen molar-refractivity contribution in [3.05, 3.63) is 23.5 Å². The van der Waals surface area contributed by atoms with Crippen LogP contribution in [0.3, 0.4) is 0 Å². The van der Waals surface area contributed by atoms with Crippen LogP contribution in [0.15, 0.2) is 12.1 Å². The van der Waals surface area contributed by atoms with E-state index in [0.29, 0.717) is 11.8 Å². The van der Waals surface area contributed by atoms with E-state index in [0.717, 1.165) is 24.9 Å². The molecule has 88 valence electrons. The monoisotopic (exact) mass is 225 g/mol. The summed E-state index contributed by atoms with van der Waals surface area (Å²) in [6.07, 6.45) is 3.04. The maximum absolute atomic E-state index is 13.1. The molecule has 3 nitrogen and oxygen atoms in total. The van der Waals surface area contributed by atoms with Gasteiger partial charge in [-0.25, -0.2) is 4.39 Å². The van der Waals surface area contributed by atoms with Gasteiger partial charge in [0.2, 0.25) is 0 Å². The lowest BCUT2D eigenvalue weighted by Crippen LogP contribution is -2.23. The predicted octanol–water partition coefficient (Wildman–Crippen LogP) is 1.83. The Morgan fingerprint density at radius 2 is 2.38 bits per heavy atom. The number of rotatable bonds is 3. The summed E-state index contributed by atoms with van der Waals surface area (Å²) in [6, 6.07) is 3.09. The van der Waals surface area contributed by atoms with Crippen LogP contribution in [0.5, 0.6) is 11.5 Å². The van der Waals surface area contributed by atoms with Gasteiger partial charge in [0.25, 0.3) is 0 Å². The number of methoxy groups -OCH3 is 1. The van der Waals surface area contributed by atoms with Crippen molar-refractivity contribution in [2.24, 2.45) is 0 Å². The van der Waals surface area contributed by atoms with Crippen molar-refractivity contribution >= 4 is 0 Å². The number of hydrogen-bond donors (Lipinski definition) is 2. The number of benzene rings is 1. The molecule has 4 heteroatoms. The SMILES string of the molecule is COc1cc(F)c(O)cc1CC1CCCN1. The van der Waals surface area contributed by atoms with Gasteiger partial charge in [-0.3, -0.25) is 0 Å². The Morgan fingerprint density at radius 3 is 3.00 bits per heavy atom. The molecule has 1 saturated heterocycles. The van der Waals surface area contributed by atoms with Crippen LogP contribution in [0.25, 0.3) is 0 Å². The number of aromatic hydroxyl groups is 1. The average Bonchev–Trinajstić information content (AvgIpc) is 2.76. The minimum atomic E-state index is -0.639. The van der Waals surface area contributed by atoms with Gasteiger partial charge in [0.15, 0.2) is 11.6 Å². The van der Waals surface area contributed by atoms with Gasteiger partial charge in [0.05, 0.1) is 7.11 Å². The molecule has 0 aliphatic carbocycles. The second-order valence-electron chi connectivity index (χ2n) is 4.11. The van der Waals surface area contributed by atoms with Gasteiger partial charge in [-0.1, -0.05) is 0 Å². The Morgan fingerprint density at radius 1 is 1.56 bits per heavy atom. The third-order valence-electron chi connectivity index (χ3n) is 2.98. The van der Waals surface area contributed by atoms with E-state index < -0.39 is 5.82 Å². The van der Waals surface area contributed by atoms with Crippen LogP contribution in [0.2, 0.25) is 0 Å². The molecule has 0 aromatic heterocycles. The Balaban J connectivity index is 2.20. The summed E-state index contributed by atoms with van der Waals surface area (Å²) in [4.78, 5) is 0. The molecule has 1 aliphatic heterocycles. The fraction of sp³-hybridized carbons (Fsp3) is 0.500. The van der Waals surface area contributed by atoms with Crippen molar-refractivity contribution < 1.29 is 14.2 Å². The maximum atomic E-state index is 13.1. The molecule has 0 spiro atoms. The highest BCUT2D eigenvalue weighted by molar-refractivity contribution is 5.41. The third kappa shape index (κ3) is 2.27. The first kappa shape index (κ1) is 11.2. The Kier molecular flexibility index (Phi) is 3.29. The summed E-state index contributed by atoms with van der Waals surface area (Å²) in [5.74, 6) is -0.447. The van der Waals surface area contributed by atoms with E-state index in [-0.39, 0.29) is 5.75 Å². The van der Waals surface area contributed by atoms with E-state index >= 15 is 0 Å². The third-order valence-corrected chi connectivity index (χ3v) is 2.98. The van der Waals surface area contributed by atoms with Gasteiger partial charge in [-0.2, -0.15) is 0 Å². The van der Waals surface area contributed by atoms with Crippen molar-refractivity contribution in [2.75, 3.05) is 13.7 Å². The standard InChI is InChI=1S/C12H16FNO2/c1-16-12-7-10(13)11(15)6-8(12)5-9-3-2-4-14-9/h6-7,9,14-15H,2-5H2,1H3. The lowest BCUT2D eigenvalue weighted by molar-refractivity contribution is 0.391. The molecule has 1 unspecified atom stereocenters. The number of phenols is 1. The van der Waals surface area contributed by atoms with Crippen molar-refractivity contribution in [3.8, 4) is 11.5 Å². The van der Waals surface area contributed by atoms with Gasteiger partial charge in [0, 0.05) is 12.1 Å². The number of halogens is 1. The van der Waals surface area contributed by atoms with Crippen LogP contribution in [-0.2, 0) is 6.42 Å². The number of nitrogens with one attached hydrogen (secondary N) is 1. The number of phenolic OH excluding ortho intramolecular Hbond substituents is 1. The molecule has 1 heterocycles. The lowest BCUT2D eigenvalue weighted by Gasteiger charge is -2.14. The zero-order valence-corrected chi connectivity index (χ0v) is 9.29. The molecular weight excluding hydrogens is 209 g/mol. The lowest BCUT2D eigenvalue weighted by atomic mass is 10.0. The molecule has 2 N–H and O–H groups in total. The first-order valence-corrected chi connectivity index (χ1v) is 5.49. The van der Waals surface area contributed by atoms with Gasteiger partial charge in [0.1, 0.15) is 5.75 Å². The van der Waals surface area contributed by atoms with E-state index in [1.807, 2.05) is 0 Å². The molecule has 0 amide bonds. The van der Waals surface area contributed by atoms with E-state index in [1.165, 1.54) is 25.7 Å². The predicted molar refractivity (Wildman–Crippen MR) is 59.3 cm³/mol. The molecule has 1 aromatic carbocycles. The topological polar surface area (TPSA) is 41.5 Å². The Bertz CT molecular complexity index is 376. The van der Waals surface area contributed by atoms with E-state index in [9.17, 15) is 9.50 Å². The van der Waals surface area contributed by atoms with Crippen LogP contribution in [-0.4, -0.2) is 24.8 Å². The second-order valence-corrected chi connectivity index (χ2v) is 4.11. The first-order chi connectivity index (χ1) is 7.70. The summed E-state index contributed by atoms with van der Waals surface area (Å²) in [7, 11) is 1.51. The molecule has 1 aliphatic rings. The van der Waals surface area contributed by atoms with Crippen LogP contribution < -0.4 is 10.1 Å². The molecule has 2 rings (SSSR count). The highest BCUT2D eigenvalue weighted by atomic mass is 19.1. The van der Waals surface area contributed by atoms with Crippen molar-refractivity contribution in [2.45, 2.75) is 25.3 Å². The fourth-order valence-electron chi connectivity index (χ4n) is 2.13. The molecule has 1 aromatic rings. The number of ether oxygens (including phenoxy) is 1. The quantitative estimate of drug-likeness (QED) is 0.824. The van der Waals surface area contributed by atoms with Crippen LogP contribution >= 0.6 is 0 Å². The Hall–Kier alpha value is -1.29. The molecular formula is C12H16FNO2. The molecule has 0 bridgehead atoms. The van der Waals surface area contributed by atoms with Crippen molar-refractivity contribution in [1.29, 1.82) is 0 Å². The van der Waals surface area contributed by atoms with Gasteiger partial charge >= 0.3 is 0 Å². The average molecular weight is 225 g/mol. The van der Waals surface area contributed by atoms with E-state index in [2.05, 4.69) is 5.32 Å². The first-order valence-electron chi connectivity index (χ1n) is 5.49. The summed E-state index contributed by atoms with van der Waals surface area (Å²) in [5, 5.41) is 12.7. The highest BCUT2D eigenvalue weighted by Gasteiger charge is 2.18. The smallest absolute Gasteiger partial charge is 0.168 e. The molecule has 1 fully saturated rings. The summed E-state index contributed by atoms with van der Waals surface area (Å²) in [6.45, 7) is 1.03. The minimum Gasteiger partial charge on any atom is -0.505 e. The molecule has 0 radical (unpaired) electrons. The largest absolute Gasteiger partial charge is 0.505 e. The van der Waals surface area contributed by atoms with Crippen LogP contribution in [0.4, 0.5) is 4.39 Å². The zero-order valence-electron chi connectivity index (χ0n) is 9.29. The van der Waals surface area contributed by atoms with Gasteiger partial charge in [-0.15, -0.1) is 0 Å². The van der Waals surface area contributed by atoms with Gasteiger partial charge in [-0.05, 0) is 37.4 Å². The second kappa shape index (κ2) is 4.70. The minimum absolute atomic E-state index is 0.311. The van der Waals surface area contributed by atoms with E-state index in [1.54, 1.807) is 0 Å². The van der Waals surface area contributed by atoms with Crippen LogP contribution in [0, 0.1) is 5.82 Å².